The molecule has 6 heteroatoms. The van der Waals surface area contributed by atoms with E-state index in [1.54, 1.807) is 6.92 Å². The van der Waals surface area contributed by atoms with Crippen molar-refractivity contribution < 1.29 is 14.5 Å². The summed E-state index contributed by atoms with van der Waals surface area (Å²) in [4.78, 5) is 29.0. The molecule has 2 heterocycles. The predicted octanol–water partition coefficient (Wildman–Crippen LogP) is -0.0277. The SMILES string of the molecule is CC(=O)N1CC[NH+](CC(=O)Nc2ccc(N3CCCC3)cc2)CC1. The molecule has 2 saturated heterocycles. The van der Waals surface area contributed by atoms with Gasteiger partial charge in [-0.25, -0.2) is 0 Å². The second kappa shape index (κ2) is 7.66. The Morgan fingerprint density at radius 3 is 2.25 bits per heavy atom. The van der Waals surface area contributed by atoms with Crippen LogP contribution in [-0.4, -0.2) is 62.5 Å². The summed E-state index contributed by atoms with van der Waals surface area (Å²) >= 11 is 0. The molecule has 2 fully saturated rings. The molecular formula is C18H27N4O2+. The minimum absolute atomic E-state index is 0.0372. The van der Waals surface area contributed by atoms with Crippen LogP contribution in [0.2, 0.25) is 0 Å². The second-order valence-corrected chi connectivity index (χ2v) is 6.72. The average molecular weight is 331 g/mol. The van der Waals surface area contributed by atoms with Crippen molar-refractivity contribution >= 4 is 23.2 Å². The lowest BCUT2D eigenvalue weighted by Gasteiger charge is -2.31. The Kier molecular flexibility index (Phi) is 5.35. The lowest BCUT2D eigenvalue weighted by atomic mass is 10.2. The van der Waals surface area contributed by atoms with Crippen molar-refractivity contribution in [1.82, 2.24) is 4.90 Å². The van der Waals surface area contributed by atoms with E-state index < -0.39 is 0 Å². The molecule has 130 valence electrons. The fraction of sp³-hybridized carbons (Fsp3) is 0.556. The third-order valence-electron chi connectivity index (χ3n) is 4.95. The van der Waals surface area contributed by atoms with Crippen molar-refractivity contribution in [2.75, 3.05) is 56.0 Å². The zero-order valence-electron chi connectivity index (χ0n) is 14.4. The van der Waals surface area contributed by atoms with E-state index in [0.717, 1.165) is 45.0 Å². The van der Waals surface area contributed by atoms with E-state index in [1.807, 2.05) is 17.0 Å². The normalized spacial score (nSPS) is 18.7. The van der Waals surface area contributed by atoms with Crippen LogP contribution in [-0.2, 0) is 9.59 Å². The highest BCUT2D eigenvalue weighted by molar-refractivity contribution is 5.91. The Hall–Kier alpha value is -2.08. The molecule has 2 aliphatic rings. The standard InChI is InChI=1S/C18H26N4O2/c1-15(23)21-12-10-20(11-13-21)14-18(24)19-16-4-6-17(7-5-16)22-8-2-3-9-22/h4-7H,2-3,8-14H2,1H3,(H,19,24)/p+1. The zero-order valence-corrected chi connectivity index (χ0v) is 14.4. The van der Waals surface area contributed by atoms with E-state index in [2.05, 4.69) is 22.3 Å². The number of rotatable bonds is 4. The molecule has 0 aliphatic carbocycles. The molecule has 2 aliphatic heterocycles. The highest BCUT2D eigenvalue weighted by Crippen LogP contribution is 2.21. The molecule has 24 heavy (non-hydrogen) atoms. The summed E-state index contributed by atoms with van der Waals surface area (Å²) in [5.41, 5.74) is 2.08. The zero-order chi connectivity index (χ0) is 16.9. The molecule has 0 bridgehead atoms. The number of amides is 2. The van der Waals surface area contributed by atoms with E-state index in [9.17, 15) is 9.59 Å². The fourth-order valence-corrected chi connectivity index (χ4v) is 3.48. The maximum Gasteiger partial charge on any atom is 0.279 e. The van der Waals surface area contributed by atoms with Crippen LogP contribution in [0.4, 0.5) is 11.4 Å². The molecule has 2 amide bonds. The molecule has 1 aromatic rings. The summed E-state index contributed by atoms with van der Waals surface area (Å²) in [5.74, 6) is 0.159. The van der Waals surface area contributed by atoms with Crippen LogP contribution in [0.25, 0.3) is 0 Å². The number of nitrogens with one attached hydrogen (secondary N) is 2. The number of hydrogen-bond donors (Lipinski definition) is 2. The van der Waals surface area contributed by atoms with Crippen LogP contribution in [0.5, 0.6) is 0 Å². The van der Waals surface area contributed by atoms with Crippen LogP contribution >= 0.6 is 0 Å². The summed E-state index contributed by atoms with van der Waals surface area (Å²) in [7, 11) is 0. The van der Waals surface area contributed by atoms with Gasteiger partial charge in [-0.3, -0.25) is 9.59 Å². The van der Waals surface area contributed by atoms with Gasteiger partial charge in [0, 0.05) is 31.4 Å². The third-order valence-corrected chi connectivity index (χ3v) is 4.95. The molecule has 1 aromatic carbocycles. The van der Waals surface area contributed by atoms with Crippen molar-refractivity contribution in [3.05, 3.63) is 24.3 Å². The van der Waals surface area contributed by atoms with Crippen molar-refractivity contribution in [1.29, 1.82) is 0 Å². The van der Waals surface area contributed by atoms with Gasteiger partial charge in [0.25, 0.3) is 5.91 Å². The van der Waals surface area contributed by atoms with E-state index in [4.69, 9.17) is 0 Å². The minimum Gasteiger partial charge on any atom is -0.372 e. The average Bonchev–Trinajstić information content (AvgIpc) is 3.10. The molecule has 0 radical (unpaired) electrons. The summed E-state index contributed by atoms with van der Waals surface area (Å²) in [6.07, 6.45) is 2.52. The number of quaternary nitrogens is 1. The maximum absolute atomic E-state index is 12.2. The quantitative estimate of drug-likeness (QED) is 0.815. The molecule has 0 atom stereocenters. The van der Waals surface area contributed by atoms with E-state index in [-0.39, 0.29) is 11.8 Å². The Balaban J connectivity index is 1.46. The van der Waals surface area contributed by atoms with Gasteiger partial charge in [-0.1, -0.05) is 0 Å². The summed E-state index contributed by atoms with van der Waals surface area (Å²) < 4.78 is 0. The summed E-state index contributed by atoms with van der Waals surface area (Å²) in [6.45, 7) is 7.46. The van der Waals surface area contributed by atoms with Crippen LogP contribution in [0.1, 0.15) is 19.8 Å². The number of carbonyl (C=O) groups excluding carboxylic acids is 2. The van der Waals surface area contributed by atoms with Crippen molar-refractivity contribution in [2.24, 2.45) is 0 Å². The second-order valence-electron chi connectivity index (χ2n) is 6.72. The van der Waals surface area contributed by atoms with Crippen LogP contribution in [0, 0.1) is 0 Å². The van der Waals surface area contributed by atoms with Gasteiger partial charge >= 0.3 is 0 Å². The number of benzene rings is 1. The number of hydrogen-bond acceptors (Lipinski definition) is 3. The van der Waals surface area contributed by atoms with Gasteiger partial charge in [-0.15, -0.1) is 0 Å². The molecule has 0 aromatic heterocycles. The molecule has 0 saturated carbocycles. The Morgan fingerprint density at radius 2 is 1.67 bits per heavy atom. The summed E-state index contributed by atoms with van der Waals surface area (Å²) in [6, 6.07) is 8.13. The molecule has 2 N–H and O–H groups in total. The van der Waals surface area contributed by atoms with Crippen LogP contribution < -0.4 is 15.1 Å². The summed E-state index contributed by atoms with van der Waals surface area (Å²) in [5, 5.41) is 2.98. The van der Waals surface area contributed by atoms with Gasteiger partial charge in [-0.05, 0) is 37.1 Å². The van der Waals surface area contributed by atoms with E-state index in [0.29, 0.717) is 6.54 Å². The topological polar surface area (TPSA) is 57.1 Å². The Bertz CT molecular complexity index is 573. The smallest absolute Gasteiger partial charge is 0.279 e. The van der Waals surface area contributed by atoms with Crippen molar-refractivity contribution in [2.45, 2.75) is 19.8 Å². The maximum atomic E-state index is 12.2. The fourth-order valence-electron chi connectivity index (χ4n) is 3.48. The highest BCUT2D eigenvalue weighted by atomic mass is 16.2. The molecule has 3 rings (SSSR count). The first-order valence-electron chi connectivity index (χ1n) is 8.86. The Morgan fingerprint density at radius 1 is 1.04 bits per heavy atom. The lowest BCUT2D eigenvalue weighted by molar-refractivity contribution is -0.895. The van der Waals surface area contributed by atoms with Gasteiger partial charge in [0.1, 0.15) is 0 Å². The molecule has 0 spiro atoms. The van der Waals surface area contributed by atoms with Crippen LogP contribution in [0.3, 0.4) is 0 Å². The van der Waals surface area contributed by atoms with Gasteiger partial charge in [0.05, 0.1) is 26.2 Å². The largest absolute Gasteiger partial charge is 0.372 e. The van der Waals surface area contributed by atoms with Gasteiger partial charge in [0.15, 0.2) is 6.54 Å². The van der Waals surface area contributed by atoms with E-state index in [1.165, 1.54) is 23.4 Å². The molecule has 0 unspecified atom stereocenters. The first-order chi connectivity index (χ1) is 11.6. The predicted molar refractivity (Wildman–Crippen MR) is 94.3 cm³/mol. The molecular weight excluding hydrogens is 304 g/mol. The number of piperazine rings is 1. The third kappa shape index (κ3) is 4.26. The van der Waals surface area contributed by atoms with Gasteiger partial charge < -0.3 is 20.0 Å². The molecule has 6 nitrogen and oxygen atoms in total. The number of carbonyl (C=O) groups is 2. The van der Waals surface area contributed by atoms with Crippen LogP contribution in [0.15, 0.2) is 24.3 Å². The number of nitrogens with zero attached hydrogens (tertiary/aromatic N) is 2. The minimum atomic E-state index is 0.0372. The Labute approximate surface area is 143 Å². The highest BCUT2D eigenvalue weighted by Gasteiger charge is 2.23. The van der Waals surface area contributed by atoms with E-state index >= 15 is 0 Å². The first-order valence-corrected chi connectivity index (χ1v) is 8.86. The number of anilines is 2. The van der Waals surface area contributed by atoms with Crippen molar-refractivity contribution in [3.63, 3.8) is 0 Å². The monoisotopic (exact) mass is 331 g/mol. The van der Waals surface area contributed by atoms with Gasteiger partial charge in [-0.2, -0.15) is 0 Å². The van der Waals surface area contributed by atoms with Gasteiger partial charge in [0.2, 0.25) is 5.91 Å². The first kappa shape index (κ1) is 16.8. The lowest BCUT2D eigenvalue weighted by Crippen LogP contribution is -3.15. The van der Waals surface area contributed by atoms with Crippen molar-refractivity contribution in [3.8, 4) is 0 Å².